The molecule has 0 aromatic heterocycles. The Balaban J connectivity index is 2.04. The highest BCUT2D eigenvalue weighted by Gasteiger charge is 2.51. The van der Waals surface area contributed by atoms with Gasteiger partial charge in [0.25, 0.3) is 0 Å². The Morgan fingerprint density at radius 2 is 1.76 bits per heavy atom. The molecule has 33 heavy (non-hydrogen) atoms. The average molecular weight is 509 g/mol. The molecule has 0 spiro atoms. The van der Waals surface area contributed by atoms with Gasteiger partial charge in [-0.2, -0.15) is 28.6 Å². The molecule has 0 saturated carbocycles. The molecule has 1 fully saturated rings. The Kier molecular flexibility index (Phi) is 9.68. The highest BCUT2D eigenvalue weighted by molar-refractivity contribution is 8.21. The van der Waals surface area contributed by atoms with Crippen LogP contribution >= 0.6 is 23.5 Å². The van der Waals surface area contributed by atoms with Gasteiger partial charge in [0.1, 0.15) is 24.5 Å². The summed E-state index contributed by atoms with van der Waals surface area (Å²) in [5.74, 6) is 0.612. The molecule has 1 aliphatic rings. The van der Waals surface area contributed by atoms with Crippen molar-refractivity contribution in [2.45, 2.75) is 43.4 Å². The fraction of sp³-hybridized carbons (Fsp3) is 0.600. The van der Waals surface area contributed by atoms with Crippen LogP contribution in [-0.2, 0) is 21.0 Å². The lowest BCUT2D eigenvalue weighted by Crippen LogP contribution is -2.55. The van der Waals surface area contributed by atoms with Gasteiger partial charge >= 0.3 is 13.1 Å². The summed E-state index contributed by atoms with van der Waals surface area (Å²) >= 11 is 1.61. The number of hydroxylamine groups is 2. The first-order chi connectivity index (χ1) is 15.4. The third kappa shape index (κ3) is 8.53. The number of hydrogen-bond donors (Lipinski definition) is 1. The molecule has 0 atom stereocenters. The third-order valence-corrected chi connectivity index (χ3v) is 7.94. The predicted molar refractivity (Wildman–Crippen MR) is 125 cm³/mol. The van der Waals surface area contributed by atoms with Gasteiger partial charge in [-0.3, -0.25) is 9.63 Å². The van der Waals surface area contributed by atoms with Gasteiger partial charge < -0.3 is 27.7 Å². The van der Waals surface area contributed by atoms with Gasteiger partial charge in [-0.25, -0.2) is 4.79 Å². The summed E-state index contributed by atoms with van der Waals surface area (Å²) in [7, 11) is 1.53. The topological polar surface area (TPSA) is 77.1 Å². The van der Waals surface area contributed by atoms with E-state index in [0.717, 1.165) is 28.6 Å². The average Bonchev–Trinajstić information content (AvgIpc) is 2.74. The molecule has 1 heterocycles. The molecule has 13 heteroatoms. The molecule has 2 amide bonds. The first-order valence-electron chi connectivity index (χ1n) is 10.4. The summed E-state index contributed by atoms with van der Waals surface area (Å²) in [6, 6.07) is 6.86. The summed E-state index contributed by atoms with van der Waals surface area (Å²) < 4.78 is 49.5. The van der Waals surface area contributed by atoms with Gasteiger partial charge in [0.05, 0.1) is 11.1 Å². The zero-order chi connectivity index (χ0) is 24.7. The normalized spacial score (nSPS) is 16.1. The number of rotatable bonds is 9. The van der Waals surface area contributed by atoms with Crippen LogP contribution in [0, 0.1) is 0 Å². The number of thioether (sulfide) groups is 2. The SMILES string of the molecule is COc1ccc(CON(CC(=O)NCC2([B-](F)(F)F)SCCCS2)C(=O)OC(C)(C)C)cc1. The number of ether oxygens (including phenoxy) is 2. The number of benzene rings is 1. The van der Waals surface area contributed by atoms with Crippen molar-refractivity contribution >= 4 is 42.5 Å². The summed E-state index contributed by atoms with van der Waals surface area (Å²) in [6.45, 7) is -1.49. The first-order valence-corrected chi connectivity index (χ1v) is 12.3. The molecule has 2 rings (SSSR count). The molecule has 1 aromatic rings. The van der Waals surface area contributed by atoms with Crippen LogP contribution in [0.2, 0.25) is 0 Å². The van der Waals surface area contributed by atoms with Gasteiger partial charge in [0, 0.05) is 6.54 Å². The Morgan fingerprint density at radius 3 is 2.27 bits per heavy atom. The molecule has 7 nitrogen and oxygen atoms in total. The first kappa shape index (κ1) is 27.5. The van der Waals surface area contributed by atoms with E-state index in [9.17, 15) is 22.5 Å². The van der Waals surface area contributed by atoms with E-state index in [-0.39, 0.29) is 6.61 Å². The van der Waals surface area contributed by atoms with Gasteiger partial charge in [-0.05, 0) is 56.4 Å². The minimum absolute atomic E-state index is 0.0577. The number of nitrogens with zero attached hydrogens (tertiary/aromatic N) is 1. The molecule has 0 aliphatic carbocycles. The van der Waals surface area contributed by atoms with E-state index >= 15 is 0 Å². The lowest BCUT2D eigenvalue weighted by atomic mass is 9.84. The summed E-state index contributed by atoms with van der Waals surface area (Å²) in [4.78, 5) is 30.5. The van der Waals surface area contributed by atoms with E-state index in [2.05, 4.69) is 5.32 Å². The maximum atomic E-state index is 13.7. The minimum Gasteiger partial charge on any atom is -0.497 e. The van der Waals surface area contributed by atoms with Crippen LogP contribution in [0.15, 0.2) is 24.3 Å². The molecule has 1 N–H and O–H groups in total. The molecule has 0 bridgehead atoms. The Morgan fingerprint density at radius 1 is 1.15 bits per heavy atom. The van der Waals surface area contributed by atoms with Gasteiger partial charge in [-0.15, -0.1) is 0 Å². The van der Waals surface area contributed by atoms with E-state index in [0.29, 0.717) is 29.2 Å². The molecule has 1 aliphatic heterocycles. The number of carbonyl (C=O) groups excluding carboxylic acids is 2. The van der Waals surface area contributed by atoms with Crippen LogP contribution < -0.4 is 10.1 Å². The standard InChI is InChI=1S/C20H29BF3N2O5S2/c1-19(2,3)31-18(28)26(30-13-15-6-8-16(29-4)9-7-15)12-17(27)25-14-20(21(22,23)24)32-10-5-11-33-20/h6-9H,5,10-14H2,1-4H3,(H,25,27)/q-1. The van der Waals surface area contributed by atoms with Crippen molar-refractivity contribution in [1.29, 1.82) is 0 Å². The largest absolute Gasteiger partial charge is 0.505 e. The maximum absolute atomic E-state index is 13.7. The molecular formula is C20H29BF3N2O5S2-. The van der Waals surface area contributed by atoms with Crippen LogP contribution in [0.3, 0.4) is 0 Å². The monoisotopic (exact) mass is 509 g/mol. The highest BCUT2D eigenvalue weighted by atomic mass is 32.2. The second kappa shape index (κ2) is 11.6. The van der Waals surface area contributed by atoms with E-state index in [1.165, 1.54) is 7.11 Å². The third-order valence-electron chi connectivity index (χ3n) is 4.44. The van der Waals surface area contributed by atoms with Crippen molar-refractivity contribution in [3.8, 4) is 5.75 Å². The summed E-state index contributed by atoms with van der Waals surface area (Å²) in [6.07, 6.45) is -0.231. The second-order valence-electron chi connectivity index (χ2n) is 8.35. The lowest BCUT2D eigenvalue weighted by Gasteiger charge is -2.43. The number of carbonyl (C=O) groups is 2. The van der Waals surface area contributed by atoms with Crippen molar-refractivity contribution in [3.63, 3.8) is 0 Å². The summed E-state index contributed by atoms with van der Waals surface area (Å²) in [5, 5.41) is 3.05. The highest BCUT2D eigenvalue weighted by Crippen LogP contribution is 2.49. The quantitative estimate of drug-likeness (QED) is 0.390. The van der Waals surface area contributed by atoms with Crippen molar-refractivity contribution in [2.75, 3.05) is 31.7 Å². The number of halogens is 3. The van der Waals surface area contributed by atoms with Crippen molar-refractivity contribution < 1.29 is 36.8 Å². The fourth-order valence-corrected chi connectivity index (χ4v) is 5.77. The van der Waals surface area contributed by atoms with E-state index < -0.39 is 41.6 Å². The number of methoxy groups -OCH3 is 1. The Hall–Kier alpha value is -1.73. The molecule has 1 saturated heterocycles. The molecular weight excluding hydrogens is 480 g/mol. The number of amides is 2. The van der Waals surface area contributed by atoms with Gasteiger partial charge in [0.15, 0.2) is 0 Å². The molecule has 0 radical (unpaired) electrons. The van der Waals surface area contributed by atoms with Crippen LogP contribution in [0.1, 0.15) is 32.8 Å². The maximum Gasteiger partial charge on any atom is 0.505 e. The molecule has 186 valence electrons. The Bertz CT molecular complexity index is 800. The van der Waals surface area contributed by atoms with E-state index in [1.807, 2.05) is 0 Å². The van der Waals surface area contributed by atoms with Crippen LogP contribution in [0.25, 0.3) is 0 Å². The lowest BCUT2D eigenvalue weighted by molar-refractivity contribution is -0.164. The number of hydrogen-bond acceptors (Lipinski definition) is 7. The Labute approximate surface area is 200 Å². The summed E-state index contributed by atoms with van der Waals surface area (Å²) in [5.41, 5.74) is -0.161. The van der Waals surface area contributed by atoms with E-state index in [4.69, 9.17) is 14.3 Å². The second-order valence-corrected chi connectivity index (χ2v) is 11.5. The molecule has 0 unspecified atom stereocenters. The van der Waals surface area contributed by atoms with E-state index in [1.54, 1.807) is 45.0 Å². The zero-order valence-corrected chi connectivity index (χ0v) is 20.7. The van der Waals surface area contributed by atoms with Crippen molar-refractivity contribution in [3.05, 3.63) is 29.8 Å². The number of nitrogens with one attached hydrogen (secondary N) is 1. The zero-order valence-electron chi connectivity index (χ0n) is 19.1. The smallest absolute Gasteiger partial charge is 0.497 e. The van der Waals surface area contributed by atoms with Crippen LogP contribution in [0.5, 0.6) is 5.75 Å². The van der Waals surface area contributed by atoms with Crippen molar-refractivity contribution in [1.82, 2.24) is 10.4 Å². The molecule has 1 aromatic carbocycles. The van der Waals surface area contributed by atoms with Crippen LogP contribution in [0.4, 0.5) is 17.7 Å². The van der Waals surface area contributed by atoms with Gasteiger partial charge in [-0.1, -0.05) is 12.1 Å². The fourth-order valence-electron chi connectivity index (χ4n) is 2.76. The minimum atomic E-state index is -5.20. The van der Waals surface area contributed by atoms with Gasteiger partial charge in [0.2, 0.25) is 5.91 Å². The predicted octanol–water partition coefficient (Wildman–Crippen LogP) is 4.43. The van der Waals surface area contributed by atoms with Crippen molar-refractivity contribution in [2.24, 2.45) is 0 Å². The van der Waals surface area contributed by atoms with Crippen LogP contribution in [-0.4, -0.2) is 65.3 Å².